The molecule has 0 radical (unpaired) electrons. The predicted octanol–water partition coefficient (Wildman–Crippen LogP) is 14.3. The molecule has 14 nitrogen and oxygen atoms in total. The van der Waals surface area contributed by atoms with Gasteiger partial charge in [0.25, 0.3) is 0 Å². The zero-order chi connectivity index (χ0) is 60.9. The molecule has 12 unspecified atom stereocenters. The van der Waals surface area contributed by atoms with Crippen LogP contribution in [0.15, 0.2) is 24.3 Å². The van der Waals surface area contributed by atoms with E-state index in [0.717, 1.165) is 38.5 Å². The van der Waals surface area contributed by atoms with Gasteiger partial charge >= 0.3 is 0 Å². The first-order valence-electron chi connectivity index (χ1n) is 35.6. The highest BCUT2D eigenvalue weighted by Crippen LogP contribution is 2.30. The molecule has 0 aromatic heterocycles. The standard InChI is InChI=1S/C70H133NO13/c1-3-5-7-9-11-13-15-17-19-21-23-25-26-27-28-29-30-31-32-34-36-38-40-42-44-46-48-50-52-54-62(75)71-58(59(74)53-51-49-47-45-43-41-39-37-35-33-24-22-20-18-16-14-12-10-8-6-4-2)57-81-69-67(80)65(78)68(61(56-73)83-69)84-70-66(79)64(77)63(76)60(55-72)82-70/h21,23,51,53,58-61,63-70,72-74,76-80H,3-20,22,24-50,52,54-57H2,1-2H3,(H,71,75)/b23-21-,53-51+. The van der Waals surface area contributed by atoms with Crippen LogP contribution in [0, 0.1) is 0 Å². The summed E-state index contributed by atoms with van der Waals surface area (Å²) >= 11 is 0. The van der Waals surface area contributed by atoms with Gasteiger partial charge in [-0.3, -0.25) is 4.79 Å². The Morgan fingerprint density at radius 2 is 0.750 bits per heavy atom. The number of hydrogen-bond acceptors (Lipinski definition) is 13. The van der Waals surface area contributed by atoms with Crippen molar-refractivity contribution in [1.29, 1.82) is 0 Å². The number of hydrogen-bond donors (Lipinski definition) is 9. The SMILES string of the molecule is CCCCCCCCCC/C=C\CCCCCCCCCCCCCCCCCCCC(=O)NC(COC1OC(CO)C(OC2OC(CO)C(O)C(O)C2O)C(O)C1O)C(O)/C=C/CCCCCCCCCCCCCCCCCCCCC. The Balaban J connectivity index is 1.66. The minimum absolute atomic E-state index is 0.232. The summed E-state index contributed by atoms with van der Waals surface area (Å²) in [7, 11) is 0. The van der Waals surface area contributed by atoms with Gasteiger partial charge in [-0.25, -0.2) is 0 Å². The smallest absolute Gasteiger partial charge is 0.220 e. The van der Waals surface area contributed by atoms with Crippen LogP contribution in [-0.4, -0.2) is 140 Å². The maximum Gasteiger partial charge on any atom is 0.220 e. The number of carbonyl (C=O) groups excluding carboxylic acids is 1. The third-order valence-corrected chi connectivity index (χ3v) is 17.6. The fourth-order valence-corrected chi connectivity index (χ4v) is 11.9. The van der Waals surface area contributed by atoms with Crippen molar-refractivity contribution in [2.75, 3.05) is 19.8 Å². The quantitative estimate of drug-likeness (QED) is 0.0204. The number of unbranched alkanes of at least 4 members (excludes halogenated alkanes) is 44. The first-order valence-corrected chi connectivity index (χ1v) is 35.6. The summed E-state index contributed by atoms with van der Waals surface area (Å²) in [5.74, 6) is -0.232. The van der Waals surface area contributed by atoms with Crippen molar-refractivity contribution < 1.29 is 64.6 Å². The predicted molar refractivity (Wildman–Crippen MR) is 342 cm³/mol. The number of carbonyl (C=O) groups is 1. The highest BCUT2D eigenvalue weighted by molar-refractivity contribution is 5.76. The second kappa shape index (κ2) is 55.5. The van der Waals surface area contributed by atoms with Gasteiger partial charge in [-0.15, -0.1) is 0 Å². The fraction of sp³-hybridized carbons (Fsp3) is 0.929. The molecule has 0 aliphatic carbocycles. The molecule has 2 saturated heterocycles. The number of aliphatic hydroxyl groups excluding tert-OH is 8. The topological polar surface area (TPSA) is 228 Å². The average Bonchev–Trinajstić information content (AvgIpc) is 3.24. The third kappa shape index (κ3) is 39.5. The monoisotopic (exact) mass is 1200 g/mol. The van der Waals surface area contributed by atoms with E-state index in [9.17, 15) is 45.6 Å². The van der Waals surface area contributed by atoms with E-state index in [1.165, 1.54) is 257 Å². The van der Waals surface area contributed by atoms with Gasteiger partial charge in [0.05, 0.1) is 32.0 Å². The fourth-order valence-electron chi connectivity index (χ4n) is 11.9. The molecular formula is C70H133NO13. The van der Waals surface area contributed by atoms with Gasteiger partial charge < -0.3 is 65.1 Å². The molecule has 496 valence electrons. The van der Waals surface area contributed by atoms with Crippen LogP contribution in [0.4, 0.5) is 0 Å². The largest absolute Gasteiger partial charge is 0.394 e. The van der Waals surface area contributed by atoms with Crippen molar-refractivity contribution in [2.45, 2.75) is 396 Å². The molecular weight excluding hydrogens is 1060 g/mol. The summed E-state index contributed by atoms with van der Waals surface area (Å²) in [6.45, 7) is 2.85. The Morgan fingerprint density at radius 1 is 0.417 bits per heavy atom. The Kier molecular flexibility index (Phi) is 51.9. The van der Waals surface area contributed by atoms with Gasteiger partial charge in [0.15, 0.2) is 12.6 Å². The lowest BCUT2D eigenvalue weighted by atomic mass is 9.97. The molecule has 0 bridgehead atoms. The molecule has 2 rings (SSSR count). The van der Waals surface area contributed by atoms with Crippen molar-refractivity contribution in [3.8, 4) is 0 Å². The minimum atomic E-state index is -1.79. The number of amides is 1. The normalized spacial score (nSPS) is 23.7. The van der Waals surface area contributed by atoms with Crippen molar-refractivity contribution in [3.05, 3.63) is 24.3 Å². The summed E-state index contributed by atoms with van der Waals surface area (Å²) < 4.78 is 22.9. The van der Waals surface area contributed by atoms with Crippen molar-refractivity contribution in [1.82, 2.24) is 5.32 Å². The van der Waals surface area contributed by atoms with Crippen LogP contribution in [0.25, 0.3) is 0 Å². The molecule has 14 heteroatoms. The first kappa shape index (κ1) is 78.6. The highest BCUT2D eigenvalue weighted by atomic mass is 16.7. The first-order chi connectivity index (χ1) is 41.1. The summed E-state index contributed by atoms with van der Waals surface area (Å²) in [5.41, 5.74) is 0. The number of nitrogens with one attached hydrogen (secondary N) is 1. The molecule has 0 spiro atoms. The molecule has 9 N–H and O–H groups in total. The van der Waals surface area contributed by atoms with Gasteiger partial charge in [0, 0.05) is 6.42 Å². The van der Waals surface area contributed by atoms with E-state index in [2.05, 4.69) is 31.3 Å². The van der Waals surface area contributed by atoms with Crippen LogP contribution in [-0.2, 0) is 23.7 Å². The summed E-state index contributed by atoms with van der Waals surface area (Å²) in [6, 6.07) is -0.913. The Bertz CT molecular complexity index is 1500. The van der Waals surface area contributed by atoms with Crippen LogP contribution in [0.5, 0.6) is 0 Å². The van der Waals surface area contributed by atoms with E-state index < -0.39 is 86.8 Å². The molecule has 2 heterocycles. The second-order valence-electron chi connectivity index (χ2n) is 25.4. The maximum absolute atomic E-state index is 13.3. The van der Waals surface area contributed by atoms with Crippen molar-refractivity contribution in [2.24, 2.45) is 0 Å². The lowest BCUT2D eigenvalue weighted by Gasteiger charge is -2.46. The Hall–Kier alpha value is -1.53. The summed E-state index contributed by atoms with van der Waals surface area (Å²) in [4.78, 5) is 13.3. The lowest BCUT2D eigenvalue weighted by molar-refractivity contribution is -0.359. The van der Waals surface area contributed by atoms with Gasteiger partial charge in [0.1, 0.15) is 48.8 Å². The Morgan fingerprint density at radius 3 is 1.13 bits per heavy atom. The molecule has 0 aromatic rings. The van der Waals surface area contributed by atoms with Crippen LogP contribution in [0.1, 0.15) is 322 Å². The lowest BCUT2D eigenvalue weighted by Crippen LogP contribution is -2.65. The zero-order valence-electron chi connectivity index (χ0n) is 53.9. The number of aliphatic hydroxyl groups is 8. The molecule has 2 fully saturated rings. The average molecular weight is 1200 g/mol. The molecule has 1 amide bonds. The Labute approximate surface area is 513 Å². The molecule has 0 aromatic carbocycles. The van der Waals surface area contributed by atoms with Gasteiger partial charge in [-0.1, -0.05) is 295 Å². The van der Waals surface area contributed by atoms with Crippen LogP contribution >= 0.6 is 0 Å². The zero-order valence-corrected chi connectivity index (χ0v) is 53.9. The van der Waals surface area contributed by atoms with E-state index in [1.807, 2.05) is 6.08 Å². The highest BCUT2D eigenvalue weighted by Gasteiger charge is 2.51. The van der Waals surface area contributed by atoms with Gasteiger partial charge in [-0.05, 0) is 44.9 Å². The van der Waals surface area contributed by atoms with Crippen LogP contribution < -0.4 is 5.32 Å². The van der Waals surface area contributed by atoms with Crippen LogP contribution in [0.2, 0.25) is 0 Å². The second-order valence-corrected chi connectivity index (χ2v) is 25.4. The van der Waals surface area contributed by atoms with E-state index in [0.29, 0.717) is 6.42 Å². The third-order valence-electron chi connectivity index (χ3n) is 17.6. The summed E-state index contributed by atoms with van der Waals surface area (Å²) in [5, 5.41) is 87.4. The number of ether oxygens (including phenoxy) is 4. The number of rotatable bonds is 59. The van der Waals surface area contributed by atoms with Crippen molar-refractivity contribution >= 4 is 5.91 Å². The molecule has 2 aliphatic heterocycles. The van der Waals surface area contributed by atoms with E-state index >= 15 is 0 Å². The summed E-state index contributed by atoms with van der Waals surface area (Å²) in [6.07, 6.45) is 52.3. The molecule has 12 atom stereocenters. The molecule has 0 saturated carbocycles. The molecule has 2 aliphatic rings. The minimum Gasteiger partial charge on any atom is -0.394 e. The van der Waals surface area contributed by atoms with Crippen molar-refractivity contribution in [3.63, 3.8) is 0 Å². The van der Waals surface area contributed by atoms with E-state index in [4.69, 9.17) is 18.9 Å². The number of allylic oxidation sites excluding steroid dienone is 3. The van der Waals surface area contributed by atoms with Gasteiger partial charge in [-0.2, -0.15) is 0 Å². The van der Waals surface area contributed by atoms with Crippen LogP contribution in [0.3, 0.4) is 0 Å². The van der Waals surface area contributed by atoms with E-state index in [1.54, 1.807) is 6.08 Å². The maximum atomic E-state index is 13.3. The van der Waals surface area contributed by atoms with E-state index in [-0.39, 0.29) is 18.9 Å². The van der Waals surface area contributed by atoms with Gasteiger partial charge in [0.2, 0.25) is 5.91 Å². The molecule has 84 heavy (non-hydrogen) atoms.